The largest absolute Gasteiger partial charge is 0.477 e. The Bertz CT molecular complexity index is 1070. The molecule has 3 rings (SSSR count). The predicted octanol–water partition coefficient (Wildman–Crippen LogP) is 0.784. The van der Waals surface area contributed by atoms with Crippen molar-refractivity contribution in [3.05, 3.63) is 34.5 Å². The molecular weight excluding hydrogens is 442 g/mol. The van der Waals surface area contributed by atoms with Crippen LogP contribution in [0.5, 0.6) is 0 Å². The third kappa shape index (κ3) is 4.57. The lowest BCUT2D eigenvalue weighted by molar-refractivity contribution is -0.150. The Kier molecular flexibility index (Phi) is 6.98. The summed E-state index contributed by atoms with van der Waals surface area (Å²) in [5, 5.41) is 17.3. The first-order valence-electron chi connectivity index (χ1n) is 9.11. The molecule has 2 atom stereocenters. The van der Waals surface area contributed by atoms with Gasteiger partial charge < -0.3 is 21.0 Å². The number of nitrogens with one attached hydrogen (secondary N) is 1. The van der Waals surface area contributed by atoms with Crippen molar-refractivity contribution < 1.29 is 24.3 Å². The van der Waals surface area contributed by atoms with Crippen LogP contribution in [0.2, 0.25) is 0 Å². The number of amides is 2. The van der Waals surface area contributed by atoms with Crippen molar-refractivity contribution in [2.45, 2.75) is 25.3 Å². The molecule has 12 heteroatoms. The van der Waals surface area contributed by atoms with Crippen molar-refractivity contribution >= 4 is 51.7 Å². The molecule has 31 heavy (non-hydrogen) atoms. The van der Waals surface area contributed by atoms with Crippen LogP contribution < -0.4 is 11.1 Å². The van der Waals surface area contributed by atoms with E-state index in [1.54, 1.807) is 31.4 Å². The number of carbonyl (C=O) groups is 3. The van der Waals surface area contributed by atoms with Crippen LogP contribution in [-0.4, -0.2) is 62.3 Å². The van der Waals surface area contributed by atoms with Crippen molar-refractivity contribution in [3.63, 3.8) is 0 Å². The van der Waals surface area contributed by atoms with E-state index in [0.29, 0.717) is 11.3 Å². The number of nitrogens with zero attached hydrogens (tertiary/aromatic N) is 3. The molecule has 3 heterocycles. The molecular formula is C19H19N5O5S2. The summed E-state index contributed by atoms with van der Waals surface area (Å²) in [7, 11) is 0. The summed E-state index contributed by atoms with van der Waals surface area (Å²) in [6.07, 6.45) is 3.13. The van der Waals surface area contributed by atoms with Gasteiger partial charge in [0.15, 0.2) is 10.8 Å². The quantitative estimate of drug-likeness (QED) is 0.234. The Morgan fingerprint density at radius 2 is 2.32 bits per heavy atom. The van der Waals surface area contributed by atoms with Gasteiger partial charge in [-0.25, -0.2) is 9.78 Å². The minimum Gasteiger partial charge on any atom is -0.477 e. The van der Waals surface area contributed by atoms with Crippen molar-refractivity contribution in [1.29, 1.82) is 0 Å². The van der Waals surface area contributed by atoms with Crippen LogP contribution in [0.1, 0.15) is 19.5 Å². The van der Waals surface area contributed by atoms with E-state index in [9.17, 15) is 19.5 Å². The van der Waals surface area contributed by atoms with Crippen LogP contribution in [0.25, 0.3) is 0 Å². The number of aromatic nitrogens is 1. The van der Waals surface area contributed by atoms with Gasteiger partial charge in [-0.15, -0.1) is 29.0 Å². The average Bonchev–Trinajstić information content (AvgIpc) is 3.17. The summed E-state index contributed by atoms with van der Waals surface area (Å²) in [6, 6.07) is -0.907. The standard InChI is InChI=1S/C19H19N5O5S2/c1-3-5-6-7-10-8-30-17-13(16(26)24(17)14(10)18(27)28)22-15(25)12(23-29-4-2)11-9-31-19(20)21-11/h6-7,9,13,17H,4,8H2,1-2H3,(H2,20,21)(H,22,25)(H,27,28)/t13-,17-/m1/s1. The molecule has 0 spiro atoms. The monoisotopic (exact) mass is 461 g/mol. The highest BCUT2D eigenvalue weighted by molar-refractivity contribution is 8.00. The predicted molar refractivity (Wildman–Crippen MR) is 117 cm³/mol. The topological polar surface area (TPSA) is 147 Å². The van der Waals surface area contributed by atoms with E-state index in [1.165, 1.54) is 16.7 Å². The third-order valence-corrected chi connectivity index (χ3v) is 6.24. The lowest BCUT2D eigenvalue weighted by Gasteiger charge is -2.49. The van der Waals surface area contributed by atoms with Crippen LogP contribution in [0.15, 0.2) is 34.0 Å². The fraction of sp³-hybridized carbons (Fsp3) is 0.316. The third-order valence-electron chi connectivity index (χ3n) is 4.26. The minimum absolute atomic E-state index is 0.108. The van der Waals surface area contributed by atoms with Crippen molar-refractivity contribution in [3.8, 4) is 11.8 Å². The van der Waals surface area contributed by atoms with E-state index in [1.807, 2.05) is 0 Å². The zero-order valence-electron chi connectivity index (χ0n) is 16.6. The number of carboxylic acid groups (broad SMARTS) is 1. The fourth-order valence-corrected chi connectivity index (χ4v) is 4.80. The number of carbonyl (C=O) groups excluding carboxylic acids is 2. The highest BCUT2D eigenvalue weighted by atomic mass is 32.2. The molecule has 0 saturated carbocycles. The lowest BCUT2D eigenvalue weighted by Crippen LogP contribution is -2.71. The molecule has 0 aromatic carbocycles. The van der Waals surface area contributed by atoms with E-state index in [0.717, 1.165) is 11.3 Å². The van der Waals surface area contributed by atoms with E-state index >= 15 is 0 Å². The number of aliphatic carboxylic acids is 1. The molecule has 0 bridgehead atoms. The molecule has 1 fully saturated rings. The molecule has 10 nitrogen and oxygen atoms in total. The Morgan fingerprint density at radius 1 is 1.55 bits per heavy atom. The maximum Gasteiger partial charge on any atom is 0.352 e. The maximum absolute atomic E-state index is 12.8. The first kappa shape index (κ1) is 22.4. The average molecular weight is 462 g/mol. The number of β-lactam (4-membered cyclic amide) rings is 1. The molecule has 2 aliphatic heterocycles. The van der Waals surface area contributed by atoms with Crippen molar-refractivity contribution in [1.82, 2.24) is 15.2 Å². The van der Waals surface area contributed by atoms with Gasteiger partial charge in [-0.3, -0.25) is 14.5 Å². The summed E-state index contributed by atoms with van der Waals surface area (Å²) in [6.45, 7) is 3.60. The number of nitrogens with two attached hydrogens (primary N) is 1. The first-order valence-corrected chi connectivity index (χ1v) is 11.0. The summed E-state index contributed by atoms with van der Waals surface area (Å²) in [4.78, 5) is 47.6. The first-order chi connectivity index (χ1) is 14.9. The number of hydrogen-bond donors (Lipinski definition) is 3. The zero-order chi connectivity index (χ0) is 22.5. The van der Waals surface area contributed by atoms with Crippen LogP contribution in [-0.2, 0) is 19.2 Å². The Balaban J connectivity index is 1.80. The second kappa shape index (κ2) is 9.67. The smallest absolute Gasteiger partial charge is 0.352 e. The van der Waals surface area contributed by atoms with Gasteiger partial charge in [0.25, 0.3) is 11.8 Å². The van der Waals surface area contributed by atoms with E-state index in [4.69, 9.17) is 10.6 Å². The number of hydrogen-bond acceptors (Lipinski definition) is 9. The molecule has 0 radical (unpaired) electrons. The van der Waals surface area contributed by atoms with Crippen molar-refractivity contribution in [2.75, 3.05) is 18.1 Å². The van der Waals surface area contributed by atoms with Crippen LogP contribution >= 0.6 is 23.1 Å². The van der Waals surface area contributed by atoms with Gasteiger partial charge in [0.1, 0.15) is 29.4 Å². The number of fused-ring (bicyclic) bond motifs is 1. The van der Waals surface area contributed by atoms with Crippen LogP contribution in [0.3, 0.4) is 0 Å². The molecule has 162 valence electrons. The number of thiazole rings is 1. The van der Waals surface area contributed by atoms with E-state index in [2.05, 4.69) is 27.3 Å². The van der Waals surface area contributed by atoms with Gasteiger partial charge in [-0.05, 0) is 31.6 Å². The number of anilines is 1. The molecule has 2 aliphatic rings. The molecule has 1 saturated heterocycles. The van der Waals surface area contributed by atoms with Crippen LogP contribution in [0.4, 0.5) is 5.13 Å². The van der Waals surface area contributed by atoms with Crippen LogP contribution in [0, 0.1) is 11.8 Å². The second-order valence-electron chi connectivity index (χ2n) is 6.20. The molecule has 1 aromatic heterocycles. The minimum atomic E-state index is -1.22. The molecule has 2 amide bonds. The summed E-state index contributed by atoms with van der Waals surface area (Å²) >= 11 is 2.48. The number of thioether (sulfide) groups is 1. The summed E-state index contributed by atoms with van der Waals surface area (Å²) in [5.74, 6) is 3.36. The number of nitrogen functional groups attached to an aromatic ring is 1. The Hall–Kier alpha value is -3.30. The maximum atomic E-state index is 12.8. The highest BCUT2D eigenvalue weighted by Crippen LogP contribution is 2.40. The number of oxime groups is 1. The number of rotatable bonds is 7. The zero-order valence-corrected chi connectivity index (χ0v) is 18.2. The molecule has 0 aliphatic carbocycles. The van der Waals surface area contributed by atoms with Crippen molar-refractivity contribution in [2.24, 2.45) is 5.16 Å². The Morgan fingerprint density at radius 3 is 2.94 bits per heavy atom. The number of carboxylic acids is 1. The molecule has 0 unspecified atom stereocenters. The molecule has 4 N–H and O–H groups in total. The van der Waals surface area contributed by atoms with E-state index < -0.39 is 29.2 Å². The van der Waals surface area contributed by atoms with E-state index in [-0.39, 0.29) is 28.8 Å². The van der Waals surface area contributed by atoms with Gasteiger partial charge in [0.05, 0.1) is 0 Å². The molecule has 1 aromatic rings. The normalized spacial score (nSPS) is 20.6. The SMILES string of the molecule is CC#CC=CC1=C(C(=O)O)N2C(=O)[C@@H](NC(=O)C(=NOCC)c3csc(N)n3)[C@H]2SC1. The summed E-state index contributed by atoms with van der Waals surface area (Å²) < 4.78 is 0. The van der Waals surface area contributed by atoms with Gasteiger partial charge in [0.2, 0.25) is 0 Å². The van der Waals surface area contributed by atoms with Gasteiger partial charge in [0, 0.05) is 11.1 Å². The van der Waals surface area contributed by atoms with Gasteiger partial charge in [-0.2, -0.15) is 0 Å². The lowest BCUT2D eigenvalue weighted by atomic mass is 10.0. The second-order valence-corrected chi connectivity index (χ2v) is 8.19. The highest BCUT2D eigenvalue weighted by Gasteiger charge is 2.54. The fourth-order valence-electron chi connectivity index (χ4n) is 2.94. The van der Waals surface area contributed by atoms with Gasteiger partial charge >= 0.3 is 5.97 Å². The summed E-state index contributed by atoms with van der Waals surface area (Å²) in [5.41, 5.74) is 6.12. The number of allylic oxidation sites excluding steroid dienone is 2. The van der Waals surface area contributed by atoms with Gasteiger partial charge in [-0.1, -0.05) is 11.1 Å². The Labute approximate surface area is 186 Å².